The minimum Gasteiger partial charge on any atom is -0.332 e. The summed E-state index contributed by atoms with van der Waals surface area (Å²) in [6.45, 7) is 3.01. The third-order valence-corrected chi connectivity index (χ3v) is 3.91. The van der Waals surface area contributed by atoms with Crippen molar-refractivity contribution in [2.24, 2.45) is 0 Å². The number of aromatic nitrogens is 2. The fourth-order valence-corrected chi connectivity index (χ4v) is 2.75. The Bertz CT molecular complexity index is 571. The Morgan fingerprint density at radius 2 is 2.05 bits per heavy atom. The van der Waals surface area contributed by atoms with Gasteiger partial charge < -0.3 is 4.90 Å². The Kier molecular flexibility index (Phi) is 4.74. The number of hydrogen-bond acceptors (Lipinski definition) is 4. The van der Waals surface area contributed by atoms with Crippen molar-refractivity contribution in [2.75, 3.05) is 6.54 Å². The summed E-state index contributed by atoms with van der Waals surface area (Å²) in [4.78, 5) is 15.0. The average Bonchev–Trinajstić information content (AvgIpc) is 2.81. The number of hydrogen-bond donors (Lipinski definition) is 0. The predicted octanol–water partition coefficient (Wildman–Crippen LogP) is 3.51. The molecule has 0 aromatic carbocycles. The molecule has 0 atom stereocenters. The van der Waals surface area contributed by atoms with Crippen LogP contribution in [0.1, 0.15) is 22.3 Å². The first-order chi connectivity index (χ1) is 9.10. The molecule has 2 heterocycles. The Morgan fingerprint density at radius 3 is 2.58 bits per heavy atom. The summed E-state index contributed by atoms with van der Waals surface area (Å²) in [6.07, 6.45) is 0. The number of nitrogens with zero attached hydrogens (tertiary/aromatic N) is 3. The van der Waals surface area contributed by atoms with Gasteiger partial charge in [0.1, 0.15) is 0 Å². The van der Waals surface area contributed by atoms with E-state index in [1.807, 2.05) is 19.1 Å². The molecule has 0 aliphatic heterocycles. The first kappa shape index (κ1) is 14.2. The average molecular weight is 316 g/mol. The van der Waals surface area contributed by atoms with E-state index in [0.717, 1.165) is 4.88 Å². The zero-order valence-electron chi connectivity index (χ0n) is 10.1. The Labute approximate surface area is 125 Å². The minimum atomic E-state index is -0.170. The van der Waals surface area contributed by atoms with Gasteiger partial charge in [-0.3, -0.25) is 4.79 Å². The number of carbonyl (C=O) groups is 1. The van der Waals surface area contributed by atoms with E-state index >= 15 is 0 Å². The molecule has 7 heteroatoms. The van der Waals surface area contributed by atoms with Crippen molar-refractivity contribution in [3.05, 3.63) is 44.3 Å². The van der Waals surface area contributed by atoms with Crippen LogP contribution >= 0.6 is 34.5 Å². The molecule has 19 heavy (non-hydrogen) atoms. The quantitative estimate of drug-likeness (QED) is 0.867. The summed E-state index contributed by atoms with van der Waals surface area (Å²) >= 11 is 13.0. The molecule has 0 fully saturated rings. The second-order valence-corrected chi connectivity index (χ2v) is 5.95. The minimum absolute atomic E-state index is 0.170. The van der Waals surface area contributed by atoms with E-state index in [4.69, 9.17) is 23.2 Å². The summed E-state index contributed by atoms with van der Waals surface area (Å²) in [5, 5.41) is 7.74. The Hall–Kier alpha value is -1.17. The number of thiophene rings is 1. The normalized spacial score (nSPS) is 10.5. The Morgan fingerprint density at radius 1 is 1.26 bits per heavy atom. The molecule has 4 nitrogen and oxygen atoms in total. The van der Waals surface area contributed by atoms with Crippen LogP contribution in [0.3, 0.4) is 0 Å². The molecule has 100 valence electrons. The Balaban J connectivity index is 2.12. The van der Waals surface area contributed by atoms with Crippen molar-refractivity contribution in [3.8, 4) is 0 Å². The molecule has 0 bridgehead atoms. The van der Waals surface area contributed by atoms with Crippen LogP contribution in [0.15, 0.2) is 24.3 Å². The maximum Gasteiger partial charge on any atom is 0.274 e. The van der Waals surface area contributed by atoms with Crippen LogP contribution in [0.5, 0.6) is 0 Å². The van der Waals surface area contributed by atoms with Gasteiger partial charge in [-0.15, -0.1) is 21.5 Å². The molecule has 0 aliphatic rings. The molecule has 0 radical (unpaired) electrons. The lowest BCUT2D eigenvalue weighted by Gasteiger charge is -2.19. The van der Waals surface area contributed by atoms with Gasteiger partial charge >= 0.3 is 0 Å². The van der Waals surface area contributed by atoms with E-state index in [9.17, 15) is 4.79 Å². The smallest absolute Gasteiger partial charge is 0.274 e. The van der Waals surface area contributed by atoms with Crippen molar-refractivity contribution in [3.63, 3.8) is 0 Å². The first-order valence-electron chi connectivity index (χ1n) is 5.63. The molecule has 0 N–H and O–H groups in total. The molecule has 0 unspecified atom stereocenters. The van der Waals surface area contributed by atoms with Gasteiger partial charge in [-0.05, 0) is 31.2 Å². The molecule has 2 rings (SSSR count). The van der Waals surface area contributed by atoms with Crippen LogP contribution in [-0.2, 0) is 6.54 Å². The van der Waals surface area contributed by atoms with E-state index in [1.165, 1.54) is 11.3 Å². The van der Waals surface area contributed by atoms with Gasteiger partial charge in [-0.25, -0.2) is 0 Å². The van der Waals surface area contributed by atoms with Crippen LogP contribution in [0.2, 0.25) is 9.49 Å². The SMILES string of the molecule is CCN(Cc1ccc(Cl)s1)C(=O)c1ccc(Cl)nn1. The van der Waals surface area contributed by atoms with Crippen molar-refractivity contribution >= 4 is 40.4 Å². The van der Waals surface area contributed by atoms with E-state index in [-0.39, 0.29) is 16.8 Å². The lowest BCUT2D eigenvalue weighted by molar-refractivity contribution is 0.0747. The molecule has 1 amide bonds. The number of halogens is 2. The fourth-order valence-electron chi connectivity index (χ4n) is 1.54. The summed E-state index contributed by atoms with van der Waals surface area (Å²) in [6, 6.07) is 6.86. The van der Waals surface area contributed by atoms with Crippen molar-refractivity contribution in [1.29, 1.82) is 0 Å². The van der Waals surface area contributed by atoms with Gasteiger partial charge in [-0.1, -0.05) is 23.2 Å². The highest BCUT2D eigenvalue weighted by molar-refractivity contribution is 7.16. The predicted molar refractivity (Wildman–Crippen MR) is 76.8 cm³/mol. The van der Waals surface area contributed by atoms with Crippen molar-refractivity contribution < 1.29 is 4.79 Å². The largest absolute Gasteiger partial charge is 0.332 e. The van der Waals surface area contributed by atoms with Gasteiger partial charge in [0.2, 0.25) is 0 Å². The molecule has 2 aromatic heterocycles. The highest BCUT2D eigenvalue weighted by Crippen LogP contribution is 2.23. The first-order valence-corrected chi connectivity index (χ1v) is 7.20. The van der Waals surface area contributed by atoms with E-state index < -0.39 is 0 Å². The summed E-state index contributed by atoms with van der Waals surface area (Å²) in [5.74, 6) is -0.170. The summed E-state index contributed by atoms with van der Waals surface area (Å²) < 4.78 is 0.713. The topological polar surface area (TPSA) is 46.1 Å². The second-order valence-electron chi connectivity index (χ2n) is 3.77. The summed E-state index contributed by atoms with van der Waals surface area (Å²) in [5.41, 5.74) is 0.286. The van der Waals surface area contributed by atoms with Gasteiger partial charge in [-0.2, -0.15) is 0 Å². The third kappa shape index (κ3) is 3.65. The highest BCUT2D eigenvalue weighted by Gasteiger charge is 2.17. The standard InChI is InChI=1S/C12H11Cl2N3OS/c1-2-17(7-8-3-6-11(14)19-8)12(18)9-4-5-10(13)16-15-9/h3-6H,2,7H2,1H3. The number of carbonyl (C=O) groups excluding carboxylic acids is 1. The van der Waals surface area contributed by atoms with Crippen LogP contribution in [-0.4, -0.2) is 27.5 Å². The monoisotopic (exact) mass is 315 g/mol. The molecular weight excluding hydrogens is 305 g/mol. The van der Waals surface area contributed by atoms with Crippen molar-refractivity contribution in [2.45, 2.75) is 13.5 Å². The van der Waals surface area contributed by atoms with E-state index in [2.05, 4.69) is 10.2 Å². The van der Waals surface area contributed by atoms with Gasteiger partial charge in [0, 0.05) is 11.4 Å². The maximum atomic E-state index is 12.3. The van der Waals surface area contributed by atoms with Crippen molar-refractivity contribution in [1.82, 2.24) is 15.1 Å². The zero-order chi connectivity index (χ0) is 13.8. The molecule has 2 aromatic rings. The molecule has 0 saturated carbocycles. The molecular formula is C12H11Cl2N3OS. The molecule has 0 aliphatic carbocycles. The lowest BCUT2D eigenvalue weighted by Crippen LogP contribution is -2.30. The van der Waals surface area contributed by atoms with Gasteiger partial charge in [0.15, 0.2) is 10.8 Å². The van der Waals surface area contributed by atoms with Crippen LogP contribution < -0.4 is 0 Å². The van der Waals surface area contributed by atoms with Crippen LogP contribution in [0, 0.1) is 0 Å². The molecule has 0 spiro atoms. The van der Waals surface area contributed by atoms with Crippen LogP contribution in [0.4, 0.5) is 0 Å². The van der Waals surface area contributed by atoms with E-state index in [1.54, 1.807) is 17.0 Å². The van der Waals surface area contributed by atoms with Gasteiger partial charge in [0.05, 0.1) is 10.9 Å². The third-order valence-electron chi connectivity index (χ3n) is 2.50. The van der Waals surface area contributed by atoms with E-state index in [0.29, 0.717) is 17.4 Å². The zero-order valence-corrected chi connectivity index (χ0v) is 12.5. The van der Waals surface area contributed by atoms with Crippen LogP contribution in [0.25, 0.3) is 0 Å². The highest BCUT2D eigenvalue weighted by atomic mass is 35.5. The number of amides is 1. The molecule has 0 saturated heterocycles. The lowest BCUT2D eigenvalue weighted by atomic mass is 10.3. The maximum absolute atomic E-state index is 12.3. The second kappa shape index (κ2) is 6.32. The fraction of sp³-hybridized carbons (Fsp3) is 0.250. The number of rotatable bonds is 4. The van der Waals surface area contributed by atoms with Gasteiger partial charge in [0.25, 0.3) is 5.91 Å². The summed E-state index contributed by atoms with van der Waals surface area (Å²) in [7, 11) is 0.